The standard InChI is InChI=1S/C34H48N4O6S/c1-5-15-36(18-17-35-19-21-43-22-20-35)33(42)30-34-14-13-27(45-34)28(29(34)32(41)38(30)24(7-3)23-39)31(40)37(16-6-2)25-9-11-26(12-10-25)44-8-4/h5-6,9-12,24,27-30,39H,1-2,7-8,13-23H2,3-4H3/t24-,27+,28-,29-,30?,34?/m0/s1. The Morgan fingerprint density at radius 1 is 1.16 bits per heavy atom. The van der Waals surface area contributed by atoms with E-state index in [4.69, 9.17) is 9.47 Å². The Labute approximate surface area is 271 Å². The second kappa shape index (κ2) is 14.7. The van der Waals surface area contributed by atoms with Crippen LogP contribution in [0.1, 0.15) is 33.1 Å². The van der Waals surface area contributed by atoms with Crippen LogP contribution in [0.5, 0.6) is 5.75 Å². The van der Waals surface area contributed by atoms with E-state index in [9.17, 15) is 19.5 Å². The number of hydrogen-bond donors (Lipinski definition) is 1. The highest BCUT2D eigenvalue weighted by Gasteiger charge is 2.74. The summed E-state index contributed by atoms with van der Waals surface area (Å²) in [5.74, 6) is -0.960. The molecule has 2 unspecified atom stereocenters. The van der Waals surface area contributed by atoms with Gasteiger partial charge in [-0.05, 0) is 50.5 Å². The molecule has 11 heteroatoms. The average molecular weight is 641 g/mol. The van der Waals surface area contributed by atoms with Gasteiger partial charge in [-0.1, -0.05) is 19.1 Å². The summed E-state index contributed by atoms with van der Waals surface area (Å²) in [4.78, 5) is 51.2. The summed E-state index contributed by atoms with van der Waals surface area (Å²) in [6, 6.07) is 6.13. The lowest BCUT2D eigenvalue weighted by atomic mass is 9.70. The fourth-order valence-electron chi connectivity index (χ4n) is 7.69. The van der Waals surface area contributed by atoms with E-state index in [0.29, 0.717) is 64.5 Å². The van der Waals surface area contributed by atoms with Crippen molar-refractivity contribution >= 4 is 35.2 Å². The third-order valence-electron chi connectivity index (χ3n) is 9.82. The zero-order valence-corrected chi connectivity index (χ0v) is 27.5. The molecule has 0 saturated carbocycles. The largest absolute Gasteiger partial charge is 0.494 e. The Morgan fingerprint density at radius 3 is 2.49 bits per heavy atom. The first kappa shape index (κ1) is 33.5. The van der Waals surface area contributed by atoms with Gasteiger partial charge in [0.15, 0.2) is 0 Å². The lowest BCUT2D eigenvalue weighted by Gasteiger charge is -2.40. The minimum Gasteiger partial charge on any atom is -0.494 e. The summed E-state index contributed by atoms with van der Waals surface area (Å²) in [6.07, 6.45) is 5.35. The molecule has 2 bridgehead atoms. The molecule has 3 amide bonds. The number of morpholine rings is 1. The second-order valence-corrected chi connectivity index (χ2v) is 13.8. The molecule has 0 radical (unpaired) electrons. The Balaban J connectivity index is 1.47. The van der Waals surface area contributed by atoms with Crippen LogP contribution in [0.4, 0.5) is 5.69 Å². The highest BCUT2D eigenvalue weighted by Crippen LogP contribution is 2.67. The highest BCUT2D eigenvalue weighted by molar-refractivity contribution is 8.02. The number of nitrogens with zero attached hydrogens (tertiary/aromatic N) is 4. The summed E-state index contributed by atoms with van der Waals surface area (Å²) in [5.41, 5.74) is 0.710. The van der Waals surface area contributed by atoms with E-state index in [2.05, 4.69) is 18.1 Å². The molecular weight excluding hydrogens is 592 g/mol. The third kappa shape index (κ3) is 6.28. The molecule has 4 heterocycles. The van der Waals surface area contributed by atoms with Crippen LogP contribution in [0.2, 0.25) is 0 Å². The van der Waals surface area contributed by atoms with Crippen molar-refractivity contribution < 1.29 is 29.0 Å². The molecule has 10 nitrogen and oxygen atoms in total. The predicted octanol–water partition coefficient (Wildman–Crippen LogP) is 2.81. The fraction of sp³-hybridized carbons (Fsp3) is 0.618. The first-order valence-electron chi connectivity index (χ1n) is 16.3. The van der Waals surface area contributed by atoms with Crippen molar-refractivity contribution in [1.29, 1.82) is 0 Å². The van der Waals surface area contributed by atoms with Gasteiger partial charge in [0.2, 0.25) is 17.7 Å². The molecule has 246 valence electrons. The third-order valence-corrected chi connectivity index (χ3v) is 11.8. The highest BCUT2D eigenvalue weighted by atomic mass is 32.2. The summed E-state index contributed by atoms with van der Waals surface area (Å²) in [7, 11) is 0. The molecule has 4 fully saturated rings. The van der Waals surface area contributed by atoms with Crippen molar-refractivity contribution in [3.8, 4) is 5.75 Å². The maximum absolute atomic E-state index is 14.7. The monoisotopic (exact) mass is 640 g/mol. The first-order valence-corrected chi connectivity index (χ1v) is 17.2. The molecule has 5 rings (SSSR count). The summed E-state index contributed by atoms with van der Waals surface area (Å²) >= 11 is 1.65. The molecule has 1 aromatic rings. The van der Waals surface area contributed by atoms with Gasteiger partial charge < -0.3 is 29.3 Å². The van der Waals surface area contributed by atoms with E-state index >= 15 is 0 Å². The lowest BCUT2D eigenvalue weighted by Crippen LogP contribution is -2.58. The number of rotatable bonds is 15. The van der Waals surface area contributed by atoms with Crippen molar-refractivity contribution in [3.63, 3.8) is 0 Å². The molecule has 4 aliphatic heterocycles. The minimum atomic E-state index is -0.761. The molecule has 4 saturated heterocycles. The molecular formula is C34H48N4O6S. The van der Waals surface area contributed by atoms with Crippen molar-refractivity contribution in [2.24, 2.45) is 11.8 Å². The molecule has 45 heavy (non-hydrogen) atoms. The number of fused-ring (bicyclic) bond motifs is 1. The lowest BCUT2D eigenvalue weighted by molar-refractivity contribution is -0.145. The van der Waals surface area contributed by atoms with Gasteiger partial charge in [0.05, 0.1) is 49.1 Å². The van der Waals surface area contributed by atoms with Crippen LogP contribution < -0.4 is 9.64 Å². The van der Waals surface area contributed by atoms with Gasteiger partial charge in [-0.3, -0.25) is 19.3 Å². The summed E-state index contributed by atoms with van der Waals surface area (Å²) in [5, 5.41) is 10.4. The van der Waals surface area contributed by atoms with Crippen molar-refractivity contribution in [3.05, 3.63) is 49.6 Å². The van der Waals surface area contributed by atoms with Crippen molar-refractivity contribution in [1.82, 2.24) is 14.7 Å². The molecule has 1 spiro atoms. The predicted molar refractivity (Wildman–Crippen MR) is 176 cm³/mol. The number of hydrogen-bond acceptors (Lipinski definition) is 8. The first-order chi connectivity index (χ1) is 21.8. The van der Waals surface area contributed by atoms with Crippen LogP contribution >= 0.6 is 11.8 Å². The van der Waals surface area contributed by atoms with Crippen LogP contribution in [0.3, 0.4) is 0 Å². The summed E-state index contributed by atoms with van der Waals surface area (Å²) in [6.45, 7) is 16.8. The molecule has 1 aromatic carbocycles. The number of amides is 3. The van der Waals surface area contributed by atoms with Gasteiger partial charge >= 0.3 is 0 Å². The fourth-order valence-corrected chi connectivity index (χ4v) is 9.88. The van der Waals surface area contributed by atoms with E-state index in [1.54, 1.807) is 33.7 Å². The molecule has 6 atom stereocenters. The average Bonchev–Trinajstić information content (AvgIpc) is 3.71. The Morgan fingerprint density at radius 2 is 1.87 bits per heavy atom. The number of benzene rings is 1. The molecule has 4 aliphatic rings. The number of carbonyl (C=O) groups is 3. The maximum atomic E-state index is 14.7. The Bertz CT molecular complexity index is 1240. The molecule has 0 aromatic heterocycles. The SMILES string of the molecule is C=CCN(CCN1CCOCC1)C(=O)C1N([C@@H](CC)CO)C(=O)[C@@H]2[C@@H](C(=O)N(CC=C)c3ccc(OCC)cc3)[C@H]3CCC12S3. The topological polar surface area (TPSA) is 103 Å². The van der Waals surface area contributed by atoms with Gasteiger partial charge in [0, 0.05) is 50.2 Å². The summed E-state index contributed by atoms with van der Waals surface area (Å²) < 4.78 is 10.4. The maximum Gasteiger partial charge on any atom is 0.247 e. The minimum absolute atomic E-state index is 0.0747. The van der Waals surface area contributed by atoms with Crippen molar-refractivity contribution in [2.75, 3.05) is 70.6 Å². The van der Waals surface area contributed by atoms with Gasteiger partial charge in [0.25, 0.3) is 0 Å². The number of likely N-dealkylation sites (tertiary alicyclic amines) is 1. The van der Waals surface area contributed by atoms with Gasteiger partial charge in [-0.25, -0.2) is 0 Å². The van der Waals surface area contributed by atoms with Crippen LogP contribution in [0, 0.1) is 11.8 Å². The van der Waals surface area contributed by atoms with Crippen LogP contribution in [0.25, 0.3) is 0 Å². The Hall–Kier alpha value is -2.86. The normalized spacial score (nSPS) is 28.1. The van der Waals surface area contributed by atoms with Gasteiger partial charge in [0.1, 0.15) is 11.8 Å². The van der Waals surface area contributed by atoms with E-state index in [0.717, 1.165) is 25.3 Å². The number of aliphatic hydroxyl groups excluding tert-OH is 1. The van der Waals surface area contributed by atoms with E-state index < -0.39 is 28.7 Å². The quantitative estimate of drug-likeness (QED) is 0.292. The number of thioether (sulfide) groups is 1. The smallest absolute Gasteiger partial charge is 0.247 e. The van der Waals surface area contributed by atoms with Crippen LogP contribution in [-0.2, 0) is 19.1 Å². The van der Waals surface area contributed by atoms with E-state index in [1.807, 2.05) is 43.0 Å². The second-order valence-electron chi connectivity index (χ2n) is 12.2. The van der Waals surface area contributed by atoms with E-state index in [-0.39, 0.29) is 29.6 Å². The van der Waals surface area contributed by atoms with E-state index in [1.165, 1.54) is 0 Å². The number of aliphatic hydroxyl groups is 1. The number of ether oxygens (including phenoxy) is 2. The molecule has 1 N–H and O–H groups in total. The van der Waals surface area contributed by atoms with Crippen LogP contribution in [-0.4, -0.2) is 125 Å². The van der Waals surface area contributed by atoms with Crippen molar-refractivity contribution in [2.45, 2.75) is 55.2 Å². The molecule has 0 aliphatic carbocycles. The zero-order valence-electron chi connectivity index (χ0n) is 26.6. The number of carbonyl (C=O) groups excluding carboxylic acids is 3. The van der Waals surface area contributed by atoms with Gasteiger partial charge in [-0.15, -0.1) is 24.9 Å². The zero-order chi connectivity index (χ0) is 32.1. The Kier molecular flexibility index (Phi) is 10.9. The van der Waals surface area contributed by atoms with Crippen LogP contribution in [0.15, 0.2) is 49.6 Å². The number of anilines is 1. The van der Waals surface area contributed by atoms with Gasteiger partial charge in [-0.2, -0.15) is 0 Å².